The van der Waals surface area contributed by atoms with Gasteiger partial charge in [0.2, 0.25) is 10.0 Å². The Balaban J connectivity index is 2.15. The second-order valence-corrected chi connectivity index (χ2v) is 7.10. The molecule has 2 aromatic carbocycles. The molecule has 3 nitrogen and oxygen atoms in total. The van der Waals surface area contributed by atoms with Gasteiger partial charge in [0.25, 0.3) is 0 Å². The van der Waals surface area contributed by atoms with Crippen molar-refractivity contribution >= 4 is 37.6 Å². The summed E-state index contributed by atoms with van der Waals surface area (Å²) < 4.78 is 40.2. The van der Waals surface area contributed by atoms with Gasteiger partial charge >= 0.3 is 0 Å². The average molecular weight is 379 g/mol. The number of halogens is 3. The third-order valence-electron chi connectivity index (χ3n) is 2.59. The van der Waals surface area contributed by atoms with E-state index in [9.17, 15) is 12.8 Å². The molecule has 0 radical (unpaired) electrons. The van der Waals surface area contributed by atoms with Gasteiger partial charge in [-0.2, -0.15) is 0 Å². The summed E-state index contributed by atoms with van der Waals surface area (Å²) in [4.78, 5) is 0.152. The molecular weight excluding hydrogens is 369 g/mol. The molecule has 0 saturated heterocycles. The van der Waals surface area contributed by atoms with E-state index in [1.165, 1.54) is 24.3 Å². The second kappa shape index (κ2) is 6.22. The number of hydrogen-bond acceptors (Lipinski definition) is 2. The van der Waals surface area contributed by atoms with Crippen molar-refractivity contribution in [2.75, 3.05) is 0 Å². The summed E-state index contributed by atoms with van der Waals surface area (Å²) in [5, 5.41) is 0.184. The molecule has 0 unspecified atom stereocenters. The van der Waals surface area contributed by atoms with Crippen molar-refractivity contribution in [2.45, 2.75) is 11.4 Å². The molecule has 2 rings (SSSR count). The minimum Gasteiger partial charge on any atom is -0.207 e. The van der Waals surface area contributed by atoms with Crippen molar-refractivity contribution in [1.29, 1.82) is 0 Å². The lowest BCUT2D eigenvalue weighted by Gasteiger charge is -2.08. The first-order valence-corrected chi connectivity index (χ1v) is 8.23. The largest absolute Gasteiger partial charge is 0.240 e. The van der Waals surface area contributed by atoms with Crippen LogP contribution in [0.15, 0.2) is 51.8 Å². The molecular formula is C13H10BrClFNO2S. The molecule has 0 heterocycles. The summed E-state index contributed by atoms with van der Waals surface area (Å²) in [6.07, 6.45) is 0. The molecule has 0 atom stereocenters. The lowest BCUT2D eigenvalue weighted by atomic mass is 10.2. The van der Waals surface area contributed by atoms with Crippen LogP contribution in [0.2, 0.25) is 5.02 Å². The molecule has 0 aliphatic heterocycles. The van der Waals surface area contributed by atoms with Crippen molar-refractivity contribution in [3.8, 4) is 0 Å². The maximum Gasteiger partial charge on any atom is 0.240 e. The summed E-state index contributed by atoms with van der Waals surface area (Å²) in [5.41, 5.74) is 0.508. The van der Waals surface area contributed by atoms with Crippen LogP contribution in [0.3, 0.4) is 0 Å². The summed E-state index contributed by atoms with van der Waals surface area (Å²) in [7, 11) is -3.63. The highest BCUT2D eigenvalue weighted by atomic mass is 79.9. The van der Waals surface area contributed by atoms with Gasteiger partial charge in [0.15, 0.2) is 0 Å². The number of rotatable bonds is 4. The monoisotopic (exact) mass is 377 g/mol. The molecule has 0 amide bonds. The van der Waals surface area contributed by atoms with E-state index in [0.717, 1.165) is 10.5 Å². The highest BCUT2D eigenvalue weighted by Gasteiger charge is 2.14. The minimum atomic E-state index is -3.63. The average Bonchev–Trinajstić information content (AvgIpc) is 2.38. The maximum atomic E-state index is 12.9. The van der Waals surface area contributed by atoms with Crippen LogP contribution in [0.5, 0.6) is 0 Å². The Bertz CT molecular complexity index is 720. The highest BCUT2D eigenvalue weighted by molar-refractivity contribution is 9.10. The molecule has 0 aliphatic carbocycles. The Hall–Kier alpha value is -0.950. The summed E-state index contributed by atoms with van der Waals surface area (Å²) >= 11 is 9.08. The van der Waals surface area contributed by atoms with E-state index >= 15 is 0 Å². The van der Waals surface area contributed by atoms with Crippen LogP contribution in [-0.2, 0) is 16.6 Å². The zero-order valence-electron chi connectivity index (χ0n) is 10.1. The highest BCUT2D eigenvalue weighted by Crippen LogP contribution is 2.19. The molecule has 0 saturated carbocycles. The third kappa shape index (κ3) is 3.79. The standard InChI is InChI=1S/C13H10BrClFNO2S/c14-10-2-5-12(6-3-10)20(18,19)17-8-9-1-4-11(16)7-13(9)15/h1-7,17H,8H2. The Labute approximate surface area is 130 Å². The molecule has 0 spiro atoms. The van der Waals surface area contributed by atoms with Crippen LogP contribution in [0.25, 0.3) is 0 Å². The van der Waals surface area contributed by atoms with Gasteiger partial charge in [-0.25, -0.2) is 17.5 Å². The molecule has 106 valence electrons. The van der Waals surface area contributed by atoms with E-state index in [4.69, 9.17) is 11.6 Å². The minimum absolute atomic E-state index is 0.00247. The van der Waals surface area contributed by atoms with Gasteiger partial charge in [0.1, 0.15) is 5.82 Å². The van der Waals surface area contributed by atoms with Crippen molar-refractivity contribution < 1.29 is 12.8 Å². The SMILES string of the molecule is O=S(=O)(NCc1ccc(F)cc1Cl)c1ccc(Br)cc1. The smallest absolute Gasteiger partial charge is 0.207 e. The predicted octanol–water partition coefficient (Wildman–Crippen LogP) is 3.72. The van der Waals surface area contributed by atoms with Crippen LogP contribution in [0, 0.1) is 5.82 Å². The quantitative estimate of drug-likeness (QED) is 0.881. The van der Waals surface area contributed by atoms with Crippen molar-refractivity contribution in [3.63, 3.8) is 0 Å². The zero-order chi connectivity index (χ0) is 14.8. The maximum absolute atomic E-state index is 12.9. The van der Waals surface area contributed by atoms with Gasteiger partial charge in [-0.1, -0.05) is 33.6 Å². The van der Waals surface area contributed by atoms with Crippen LogP contribution in [0.4, 0.5) is 4.39 Å². The molecule has 2 aromatic rings. The van der Waals surface area contributed by atoms with E-state index in [-0.39, 0.29) is 16.5 Å². The molecule has 0 aliphatic rings. The lowest BCUT2D eigenvalue weighted by Crippen LogP contribution is -2.23. The van der Waals surface area contributed by atoms with E-state index in [0.29, 0.717) is 5.56 Å². The predicted molar refractivity (Wildman–Crippen MR) is 79.6 cm³/mol. The van der Waals surface area contributed by atoms with Gasteiger partial charge in [0.05, 0.1) is 4.90 Å². The lowest BCUT2D eigenvalue weighted by molar-refractivity contribution is 0.581. The van der Waals surface area contributed by atoms with Crippen LogP contribution >= 0.6 is 27.5 Å². The van der Waals surface area contributed by atoms with Gasteiger partial charge in [-0.3, -0.25) is 0 Å². The molecule has 1 N–H and O–H groups in total. The Morgan fingerprint density at radius 1 is 1.15 bits per heavy atom. The van der Waals surface area contributed by atoms with Gasteiger partial charge in [0, 0.05) is 16.0 Å². The Kier molecular flexibility index (Phi) is 4.80. The van der Waals surface area contributed by atoms with Gasteiger partial charge in [-0.15, -0.1) is 0 Å². The summed E-state index contributed by atoms with van der Waals surface area (Å²) in [6, 6.07) is 10.1. The van der Waals surface area contributed by atoms with E-state index in [1.54, 1.807) is 12.1 Å². The van der Waals surface area contributed by atoms with Crippen LogP contribution < -0.4 is 4.72 Å². The second-order valence-electron chi connectivity index (χ2n) is 4.01. The van der Waals surface area contributed by atoms with E-state index < -0.39 is 15.8 Å². The topological polar surface area (TPSA) is 46.2 Å². The zero-order valence-corrected chi connectivity index (χ0v) is 13.3. The fourth-order valence-electron chi connectivity index (χ4n) is 1.53. The van der Waals surface area contributed by atoms with Gasteiger partial charge in [-0.05, 0) is 42.0 Å². The van der Waals surface area contributed by atoms with Crippen molar-refractivity contribution in [1.82, 2.24) is 4.72 Å². The van der Waals surface area contributed by atoms with Crippen molar-refractivity contribution in [3.05, 3.63) is 63.3 Å². The van der Waals surface area contributed by atoms with E-state index in [1.807, 2.05) is 0 Å². The summed E-state index contributed by atoms with van der Waals surface area (Å²) in [5.74, 6) is -0.463. The first-order valence-electron chi connectivity index (χ1n) is 5.58. The number of hydrogen-bond donors (Lipinski definition) is 1. The Morgan fingerprint density at radius 3 is 2.40 bits per heavy atom. The third-order valence-corrected chi connectivity index (χ3v) is 4.89. The number of sulfonamides is 1. The number of nitrogens with one attached hydrogen (secondary N) is 1. The van der Waals surface area contributed by atoms with Crippen LogP contribution in [0.1, 0.15) is 5.56 Å². The number of benzene rings is 2. The fourth-order valence-corrected chi connectivity index (χ4v) is 3.04. The summed E-state index contributed by atoms with van der Waals surface area (Å²) in [6.45, 7) is -0.00247. The van der Waals surface area contributed by atoms with Crippen LogP contribution in [-0.4, -0.2) is 8.42 Å². The normalized spacial score (nSPS) is 11.6. The molecule has 7 heteroatoms. The fraction of sp³-hybridized carbons (Fsp3) is 0.0769. The van der Waals surface area contributed by atoms with Gasteiger partial charge < -0.3 is 0 Å². The molecule has 0 fully saturated rings. The molecule has 0 bridgehead atoms. The first kappa shape index (κ1) is 15.4. The Morgan fingerprint density at radius 2 is 1.80 bits per heavy atom. The first-order chi connectivity index (χ1) is 9.38. The molecule has 20 heavy (non-hydrogen) atoms. The van der Waals surface area contributed by atoms with E-state index in [2.05, 4.69) is 20.7 Å². The molecule has 0 aromatic heterocycles. The van der Waals surface area contributed by atoms with Crippen molar-refractivity contribution in [2.24, 2.45) is 0 Å².